The van der Waals surface area contributed by atoms with Crippen LogP contribution in [0.15, 0.2) is 18.2 Å². The Bertz CT molecular complexity index is 480. The average Bonchev–Trinajstić information content (AvgIpc) is 3.27. The van der Waals surface area contributed by atoms with Crippen molar-refractivity contribution < 1.29 is 19.0 Å². The summed E-state index contributed by atoms with van der Waals surface area (Å²) in [5.74, 6) is -0.148. The molecule has 1 heterocycles. The monoisotopic (exact) mass is 292 g/mol. The second-order valence-corrected chi connectivity index (χ2v) is 5.44. The van der Waals surface area contributed by atoms with Gasteiger partial charge in [-0.3, -0.25) is 4.79 Å². The molecule has 1 aromatic carbocycles. The summed E-state index contributed by atoms with van der Waals surface area (Å²) in [4.78, 5) is 11.5. The molecule has 0 radical (unpaired) electrons. The molecule has 116 valence electrons. The number of ether oxygens (including phenoxy) is 3. The van der Waals surface area contributed by atoms with Gasteiger partial charge in [0.25, 0.3) is 0 Å². The molecule has 4 heteroatoms. The van der Waals surface area contributed by atoms with E-state index in [0.717, 1.165) is 17.7 Å². The summed E-state index contributed by atoms with van der Waals surface area (Å²) >= 11 is 0. The number of benzene rings is 1. The van der Waals surface area contributed by atoms with E-state index in [1.54, 1.807) is 0 Å². The number of carbonyl (C=O) groups is 1. The van der Waals surface area contributed by atoms with Crippen molar-refractivity contribution in [3.8, 4) is 0 Å². The maximum atomic E-state index is 11.5. The van der Waals surface area contributed by atoms with E-state index in [1.807, 2.05) is 13.8 Å². The van der Waals surface area contributed by atoms with Gasteiger partial charge in [-0.15, -0.1) is 0 Å². The third-order valence-corrected chi connectivity index (χ3v) is 3.57. The minimum Gasteiger partial charge on any atom is -0.466 e. The van der Waals surface area contributed by atoms with Crippen LogP contribution in [-0.4, -0.2) is 31.9 Å². The molecule has 4 nitrogen and oxygen atoms in total. The van der Waals surface area contributed by atoms with E-state index >= 15 is 0 Å². The molecule has 21 heavy (non-hydrogen) atoms. The zero-order valence-electron chi connectivity index (χ0n) is 13.1. The first kappa shape index (κ1) is 16.0. The highest BCUT2D eigenvalue weighted by Crippen LogP contribution is 2.25. The van der Waals surface area contributed by atoms with Crippen LogP contribution in [-0.2, 0) is 25.4 Å². The Hall–Kier alpha value is -1.39. The SMILES string of the molecule is CCOC(=O)CCc1cc(C)ccc1[C@@H](C)OC[C@H]1CO1. The fourth-order valence-corrected chi connectivity index (χ4v) is 2.32. The summed E-state index contributed by atoms with van der Waals surface area (Å²) in [6, 6.07) is 6.30. The van der Waals surface area contributed by atoms with Gasteiger partial charge in [0, 0.05) is 6.42 Å². The first-order valence-electron chi connectivity index (χ1n) is 7.58. The molecule has 0 saturated carbocycles. The lowest BCUT2D eigenvalue weighted by atomic mass is 9.97. The van der Waals surface area contributed by atoms with E-state index in [9.17, 15) is 4.79 Å². The van der Waals surface area contributed by atoms with Crippen molar-refractivity contribution in [2.75, 3.05) is 19.8 Å². The molecule has 0 bridgehead atoms. The molecule has 1 aromatic rings. The molecule has 0 spiro atoms. The number of epoxide rings is 1. The van der Waals surface area contributed by atoms with Gasteiger partial charge in [0.2, 0.25) is 0 Å². The van der Waals surface area contributed by atoms with Crippen LogP contribution >= 0.6 is 0 Å². The maximum absolute atomic E-state index is 11.5. The lowest BCUT2D eigenvalue weighted by Gasteiger charge is -2.17. The molecule has 1 saturated heterocycles. The van der Waals surface area contributed by atoms with Crippen LogP contribution < -0.4 is 0 Å². The van der Waals surface area contributed by atoms with E-state index < -0.39 is 0 Å². The van der Waals surface area contributed by atoms with Crippen molar-refractivity contribution in [2.24, 2.45) is 0 Å². The average molecular weight is 292 g/mol. The molecule has 1 fully saturated rings. The fraction of sp³-hybridized carbons (Fsp3) is 0.588. The minimum atomic E-state index is -0.148. The minimum absolute atomic E-state index is 0.00648. The van der Waals surface area contributed by atoms with Gasteiger partial charge in [-0.2, -0.15) is 0 Å². The molecule has 1 aliphatic heterocycles. The summed E-state index contributed by atoms with van der Waals surface area (Å²) in [7, 11) is 0. The lowest BCUT2D eigenvalue weighted by molar-refractivity contribution is -0.143. The molecule has 2 rings (SSSR count). The normalized spacial score (nSPS) is 18.3. The summed E-state index contributed by atoms with van der Waals surface area (Å²) in [5.41, 5.74) is 3.49. The number of aryl methyl sites for hydroxylation is 2. The van der Waals surface area contributed by atoms with Crippen molar-refractivity contribution >= 4 is 5.97 Å². The molecule has 0 unspecified atom stereocenters. The standard InChI is InChI=1S/C17H24O4/c1-4-19-17(18)8-6-14-9-12(2)5-7-16(14)13(3)20-10-15-11-21-15/h5,7,9,13,15H,4,6,8,10-11H2,1-3H3/t13-,15+/m1/s1. The van der Waals surface area contributed by atoms with Crippen molar-refractivity contribution in [1.82, 2.24) is 0 Å². The van der Waals surface area contributed by atoms with Crippen molar-refractivity contribution in [2.45, 2.75) is 45.8 Å². The van der Waals surface area contributed by atoms with Gasteiger partial charge in [0.15, 0.2) is 0 Å². The van der Waals surface area contributed by atoms with Gasteiger partial charge in [0.05, 0.1) is 25.9 Å². The molecule has 1 aliphatic rings. The Kier molecular flexibility index (Phi) is 5.76. The van der Waals surface area contributed by atoms with Crippen LogP contribution in [0, 0.1) is 6.92 Å². The quantitative estimate of drug-likeness (QED) is 0.546. The van der Waals surface area contributed by atoms with Crippen molar-refractivity contribution in [3.05, 3.63) is 34.9 Å². The molecule has 0 N–H and O–H groups in total. The maximum Gasteiger partial charge on any atom is 0.306 e. The zero-order valence-corrected chi connectivity index (χ0v) is 13.1. The van der Waals surface area contributed by atoms with E-state index in [2.05, 4.69) is 25.1 Å². The Morgan fingerprint density at radius 1 is 1.48 bits per heavy atom. The number of esters is 1. The Balaban J connectivity index is 1.99. The summed E-state index contributed by atoms with van der Waals surface area (Å²) in [6.45, 7) is 7.79. The van der Waals surface area contributed by atoms with Gasteiger partial charge in [-0.25, -0.2) is 0 Å². The van der Waals surface area contributed by atoms with Crippen molar-refractivity contribution in [1.29, 1.82) is 0 Å². The predicted octanol–water partition coefficient (Wildman–Crippen LogP) is 2.97. The van der Waals surface area contributed by atoms with E-state index in [0.29, 0.717) is 26.1 Å². The summed E-state index contributed by atoms with van der Waals surface area (Å²) in [6.07, 6.45) is 1.36. The summed E-state index contributed by atoms with van der Waals surface area (Å²) < 4.78 is 16.0. The van der Waals surface area contributed by atoms with E-state index in [-0.39, 0.29) is 18.2 Å². The predicted molar refractivity (Wildman–Crippen MR) is 80.2 cm³/mol. The van der Waals surface area contributed by atoms with Gasteiger partial charge in [-0.05, 0) is 38.3 Å². The Labute approximate surface area is 126 Å². The summed E-state index contributed by atoms with van der Waals surface area (Å²) in [5, 5.41) is 0. The third-order valence-electron chi connectivity index (χ3n) is 3.57. The Morgan fingerprint density at radius 2 is 2.24 bits per heavy atom. The van der Waals surface area contributed by atoms with E-state index in [1.165, 1.54) is 5.56 Å². The number of carbonyl (C=O) groups excluding carboxylic acids is 1. The first-order valence-corrected chi connectivity index (χ1v) is 7.58. The first-order chi connectivity index (χ1) is 10.1. The zero-order chi connectivity index (χ0) is 15.2. The second-order valence-electron chi connectivity index (χ2n) is 5.44. The molecule has 2 atom stereocenters. The molecule has 0 aromatic heterocycles. The van der Waals surface area contributed by atoms with Gasteiger partial charge >= 0.3 is 5.97 Å². The largest absolute Gasteiger partial charge is 0.466 e. The lowest BCUT2D eigenvalue weighted by Crippen LogP contribution is -2.10. The van der Waals surface area contributed by atoms with E-state index in [4.69, 9.17) is 14.2 Å². The Morgan fingerprint density at radius 3 is 2.90 bits per heavy atom. The molecule has 0 amide bonds. The van der Waals surface area contributed by atoms with Crippen LogP contribution in [0.3, 0.4) is 0 Å². The van der Waals surface area contributed by atoms with Crippen molar-refractivity contribution in [3.63, 3.8) is 0 Å². The number of hydrogen-bond acceptors (Lipinski definition) is 4. The molecular formula is C17H24O4. The van der Waals surface area contributed by atoms with Gasteiger partial charge < -0.3 is 14.2 Å². The highest BCUT2D eigenvalue weighted by Gasteiger charge is 2.24. The number of hydrogen-bond donors (Lipinski definition) is 0. The van der Waals surface area contributed by atoms with Crippen LogP contribution in [0.25, 0.3) is 0 Å². The van der Waals surface area contributed by atoms with Crippen LogP contribution in [0.2, 0.25) is 0 Å². The van der Waals surface area contributed by atoms with Gasteiger partial charge in [0.1, 0.15) is 6.10 Å². The fourth-order valence-electron chi connectivity index (χ4n) is 2.32. The molecule has 0 aliphatic carbocycles. The molecular weight excluding hydrogens is 268 g/mol. The smallest absolute Gasteiger partial charge is 0.306 e. The van der Waals surface area contributed by atoms with Crippen LogP contribution in [0.5, 0.6) is 0 Å². The third kappa shape index (κ3) is 5.14. The van der Waals surface area contributed by atoms with Gasteiger partial charge in [-0.1, -0.05) is 23.8 Å². The highest BCUT2D eigenvalue weighted by molar-refractivity contribution is 5.69. The second kappa shape index (κ2) is 7.57. The highest BCUT2D eigenvalue weighted by atomic mass is 16.6. The number of rotatable bonds is 8. The topological polar surface area (TPSA) is 48.1 Å². The van der Waals surface area contributed by atoms with Crippen LogP contribution in [0.1, 0.15) is 43.1 Å². The van der Waals surface area contributed by atoms with Crippen LogP contribution in [0.4, 0.5) is 0 Å².